The van der Waals surface area contributed by atoms with E-state index in [4.69, 9.17) is 18.6 Å². The summed E-state index contributed by atoms with van der Waals surface area (Å²) in [6.07, 6.45) is 3.51. The van der Waals surface area contributed by atoms with Crippen LogP contribution >= 0.6 is 11.8 Å². The summed E-state index contributed by atoms with van der Waals surface area (Å²) < 4.78 is 23.8. The Hall–Kier alpha value is -3.14. The first kappa shape index (κ1) is 19.8. The monoisotopic (exact) mass is 442 g/mol. The van der Waals surface area contributed by atoms with Crippen LogP contribution in [-0.4, -0.2) is 47.2 Å². The molecule has 2 aliphatic rings. The van der Waals surface area contributed by atoms with Crippen molar-refractivity contribution >= 4 is 17.5 Å². The molecule has 31 heavy (non-hydrogen) atoms. The summed E-state index contributed by atoms with van der Waals surface area (Å²) in [4.78, 5) is 13.0. The number of methoxy groups -OCH3 is 3. The third kappa shape index (κ3) is 3.40. The van der Waals surface area contributed by atoms with E-state index in [9.17, 15) is 4.79 Å². The van der Waals surface area contributed by atoms with Crippen LogP contribution in [0.1, 0.15) is 24.6 Å². The molecule has 162 valence electrons. The Morgan fingerprint density at radius 3 is 2.48 bits per heavy atom. The van der Waals surface area contributed by atoms with Crippen molar-refractivity contribution in [3.8, 4) is 28.6 Å². The lowest BCUT2D eigenvalue weighted by Gasteiger charge is -2.31. The van der Waals surface area contributed by atoms with Crippen molar-refractivity contribution in [3.05, 3.63) is 36.3 Å². The van der Waals surface area contributed by atoms with Gasteiger partial charge < -0.3 is 24.1 Å². The van der Waals surface area contributed by atoms with Gasteiger partial charge in [0.25, 0.3) is 0 Å². The molecule has 3 heterocycles. The summed E-state index contributed by atoms with van der Waals surface area (Å²) >= 11 is 1.41. The van der Waals surface area contributed by atoms with Crippen molar-refractivity contribution in [2.75, 3.05) is 26.8 Å². The van der Waals surface area contributed by atoms with E-state index in [2.05, 4.69) is 15.6 Å². The SMILES string of the molecule is COc1cc(-c2nnc3n2NC(c2ccco2)C(C(=O)C2CC2)S3)cc(OC)c1OC. The first-order valence-electron chi connectivity index (χ1n) is 9.90. The Labute approximate surface area is 183 Å². The van der Waals surface area contributed by atoms with Crippen molar-refractivity contribution in [3.63, 3.8) is 0 Å². The Balaban J connectivity index is 1.57. The Morgan fingerprint density at radius 2 is 1.90 bits per heavy atom. The molecule has 0 radical (unpaired) electrons. The summed E-state index contributed by atoms with van der Waals surface area (Å²) in [5.74, 6) is 3.14. The molecule has 0 bridgehead atoms. The van der Waals surface area contributed by atoms with Crippen LogP contribution in [0.15, 0.2) is 40.1 Å². The van der Waals surface area contributed by atoms with E-state index < -0.39 is 0 Å². The number of carbonyl (C=O) groups is 1. The van der Waals surface area contributed by atoms with Crippen molar-refractivity contribution in [2.24, 2.45) is 5.92 Å². The highest BCUT2D eigenvalue weighted by Gasteiger charge is 2.44. The summed E-state index contributed by atoms with van der Waals surface area (Å²) in [5.41, 5.74) is 4.14. The second-order valence-corrected chi connectivity index (χ2v) is 8.50. The van der Waals surface area contributed by atoms with E-state index >= 15 is 0 Å². The van der Waals surface area contributed by atoms with Gasteiger partial charge in [-0.05, 0) is 37.1 Å². The molecule has 1 fully saturated rings. The van der Waals surface area contributed by atoms with Gasteiger partial charge in [-0.1, -0.05) is 11.8 Å². The van der Waals surface area contributed by atoms with E-state index in [1.54, 1.807) is 32.3 Å². The van der Waals surface area contributed by atoms with E-state index in [-0.39, 0.29) is 23.0 Å². The Bertz CT molecular complexity index is 1080. The molecule has 0 amide bonds. The summed E-state index contributed by atoms with van der Waals surface area (Å²) in [6.45, 7) is 0. The van der Waals surface area contributed by atoms with Gasteiger partial charge in [-0.2, -0.15) is 0 Å². The number of aromatic nitrogens is 3. The number of thioether (sulfide) groups is 1. The number of nitrogens with zero attached hydrogens (tertiary/aromatic N) is 3. The third-order valence-corrected chi connectivity index (χ3v) is 6.70. The van der Waals surface area contributed by atoms with Crippen LogP contribution in [0.3, 0.4) is 0 Å². The molecule has 2 aromatic heterocycles. The molecule has 3 aromatic rings. The van der Waals surface area contributed by atoms with Gasteiger partial charge in [0.1, 0.15) is 17.1 Å². The number of hydrogen-bond acceptors (Lipinski definition) is 9. The molecule has 0 saturated heterocycles. The zero-order chi connectivity index (χ0) is 21.5. The highest BCUT2D eigenvalue weighted by Crippen LogP contribution is 2.45. The van der Waals surface area contributed by atoms with Crippen LogP contribution in [-0.2, 0) is 4.79 Å². The number of nitrogens with one attached hydrogen (secondary N) is 1. The molecule has 1 saturated carbocycles. The van der Waals surface area contributed by atoms with Gasteiger partial charge in [-0.3, -0.25) is 4.79 Å². The first-order chi connectivity index (χ1) is 15.1. The number of ether oxygens (including phenoxy) is 3. The number of carbonyl (C=O) groups excluding carboxylic acids is 1. The number of ketones is 1. The minimum absolute atomic E-state index is 0.126. The molecule has 2 unspecified atom stereocenters. The van der Waals surface area contributed by atoms with Crippen LogP contribution < -0.4 is 19.6 Å². The minimum Gasteiger partial charge on any atom is -0.493 e. The number of benzene rings is 1. The fourth-order valence-electron chi connectivity index (χ4n) is 3.75. The highest BCUT2D eigenvalue weighted by molar-refractivity contribution is 8.00. The van der Waals surface area contributed by atoms with Gasteiger partial charge >= 0.3 is 0 Å². The molecule has 1 aliphatic heterocycles. The number of Topliss-reactive ketones (excluding diaryl/α,β-unsaturated/α-hetero) is 1. The average Bonchev–Trinajstić information content (AvgIpc) is 3.34. The molecule has 10 heteroatoms. The smallest absolute Gasteiger partial charge is 0.211 e. The standard InChI is InChI=1S/C21H22N4O5S/c1-27-14-9-12(10-15(28-2)18(14)29-3)20-22-23-21-25(20)24-16(13-5-4-8-30-13)19(31-21)17(26)11-6-7-11/h4-5,8-11,16,19,24H,6-7H2,1-3H3. The molecular formula is C21H22N4O5S. The van der Waals surface area contributed by atoms with E-state index in [1.165, 1.54) is 11.8 Å². The lowest BCUT2D eigenvalue weighted by atomic mass is 10.0. The number of fused-ring (bicyclic) bond motifs is 1. The molecule has 9 nitrogen and oxygen atoms in total. The predicted octanol–water partition coefficient (Wildman–Crippen LogP) is 3.30. The van der Waals surface area contributed by atoms with Crippen LogP contribution in [0.5, 0.6) is 17.2 Å². The second-order valence-electron chi connectivity index (χ2n) is 7.39. The maximum atomic E-state index is 13.0. The molecule has 1 N–H and O–H groups in total. The topological polar surface area (TPSA) is 101 Å². The first-order valence-corrected chi connectivity index (χ1v) is 10.8. The molecule has 2 atom stereocenters. The van der Waals surface area contributed by atoms with E-state index in [1.807, 2.05) is 24.3 Å². The zero-order valence-electron chi connectivity index (χ0n) is 17.3. The minimum atomic E-state index is -0.336. The average molecular weight is 442 g/mol. The largest absolute Gasteiger partial charge is 0.493 e. The van der Waals surface area contributed by atoms with Crippen molar-refractivity contribution in [1.82, 2.24) is 14.9 Å². The number of rotatable bonds is 7. The number of hydrogen-bond donors (Lipinski definition) is 1. The maximum Gasteiger partial charge on any atom is 0.211 e. The summed E-state index contributed by atoms with van der Waals surface area (Å²) in [7, 11) is 4.69. The van der Waals surface area contributed by atoms with Crippen molar-refractivity contribution < 1.29 is 23.4 Å². The molecule has 5 rings (SSSR count). The van der Waals surface area contributed by atoms with Crippen molar-refractivity contribution in [2.45, 2.75) is 29.3 Å². The molecule has 1 aromatic carbocycles. The van der Waals surface area contributed by atoms with Crippen LogP contribution in [0.4, 0.5) is 0 Å². The lowest BCUT2D eigenvalue weighted by Crippen LogP contribution is -2.39. The lowest BCUT2D eigenvalue weighted by molar-refractivity contribution is -0.120. The maximum absolute atomic E-state index is 13.0. The van der Waals surface area contributed by atoms with Crippen LogP contribution in [0, 0.1) is 5.92 Å². The Morgan fingerprint density at radius 1 is 1.16 bits per heavy atom. The third-order valence-electron chi connectivity index (χ3n) is 5.47. The van der Waals surface area contributed by atoms with Gasteiger partial charge in [0.05, 0.1) is 27.6 Å². The van der Waals surface area contributed by atoms with Gasteiger partial charge in [-0.25, -0.2) is 4.68 Å². The predicted molar refractivity (Wildman–Crippen MR) is 113 cm³/mol. The fraction of sp³-hybridized carbons (Fsp3) is 0.381. The summed E-state index contributed by atoms with van der Waals surface area (Å²) in [5, 5.41) is 9.00. The van der Waals surface area contributed by atoms with Gasteiger partial charge in [-0.15, -0.1) is 10.2 Å². The quantitative estimate of drug-likeness (QED) is 0.590. The van der Waals surface area contributed by atoms with Crippen LogP contribution in [0.2, 0.25) is 0 Å². The van der Waals surface area contributed by atoms with E-state index in [0.717, 1.165) is 18.4 Å². The van der Waals surface area contributed by atoms with Gasteiger partial charge in [0.2, 0.25) is 10.9 Å². The highest BCUT2D eigenvalue weighted by atomic mass is 32.2. The van der Waals surface area contributed by atoms with Gasteiger partial charge in [0.15, 0.2) is 23.1 Å². The zero-order valence-corrected chi connectivity index (χ0v) is 18.1. The Kier molecular flexibility index (Phi) is 5.01. The molecule has 0 spiro atoms. The van der Waals surface area contributed by atoms with Crippen LogP contribution in [0.25, 0.3) is 11.4 Å². The van der Waals surface area contributed by atoms with Gasteiger partial charge in [0, 0.05) is 11.5 Å². The van der Waals surface area contributed by atoms with E-state index in [0.29, 0.717) is 34.0 Å². The normalized spacial score (nSPS) is 20.0. The molecular weight excluding hydrogens is 420 g/mol. The summed E-state index contributed by atoms with van der Waals surface area (Å²) in [6, 6.07) is 6.99. The van der Waals surface area contributed by atoms with Crippen molar-refractivity contribution in [1.29, 1.82) is 0 Å². The second kappa shape index (κ2) is 7.84. The number of furan rings is 1. The fourth-order valence-corrected chi connectivity index (χ4v) is 4.95. The molecule has 1 aliphatic carbocycles.